The van der Waals surface area contributed by atoms with Gasteiger partial charge in [0.25, 0.3) is 5.91 Å². The van der Waals surface area contributed by atoms with E-state index in [1.165, 1.54) is 12.0 Å². The second-order valence-corrected chi connectivity index (χ2v) is 8.76. The monoisotopic (exact) mass is 451 g/mol. The highest BCUT2D eigenvalue weighted by Gasteiger charge is 2.45. The Labute approximate surface area is 193 Å². The van der Waals surface area contributed by atoms with Crippen molar-refractivity contribution in [3.05, 3.63) is 71.9 Å². The van der Waals surface area contributed by atoms with Crippen LogP contribution in [0.1, 0.15) is 43.1 Å². The summed E-state index contributed by atoms with van der Waals surface area (Å²) in [6.45, 7) is 5.34. The maximum Gasteiger partial charge on any atom is 0.329 e. The number of rotatable bonds is 6. The number of ether oxygens (including phenoxy) is 3. The molecule has 0 saturated heterocycles. The van der Waals surface area contributed by atoms with E-state index in [0.29, 0.717) is 16.9 Å². The number of esters is 2. The summed E-state index contributed by atoms with van der Waals surface area (Å²) in [5, 5.41) is 0. The van der Waals surface area contributed by atoms with Gasteiger partial charge < -0.3 is 14.2 Å². The quantitative estimate of drug-likeness (QED) is 0.616. The lowest BCUT2D eigenvalue weighted by molar-refractivity contribution is -0.156. The van der Waals surface area contributed by atoms with E-state index < -0.39 is 29.5 Å². The number of hydrogen-bond acceptors (Lipinski definition) is 6. The molecule has 3 rings (SSSR count). The van der Waals surface area contributed by atoms with Gasteiger partial charge in [0.1, 0.15) is 17.4 Å². The molecule has 0 radical (unpaired) electrons. The second-order valence-electron chi connectivity index (χ2n) is 8.76. The van der Waals surface area contributed by atoms with Crippen LogP contribution in [0, 0.1) is 5.92 Å². The van der Waals surface area contributed by atoms with E-state index >= 15 is 0 Å². The van der Waals surface area contributed by atoms with Gasteiger partial charge in [-0.05, 0) is 56.2 Å². The molecule has 2 atom stereocenters. The van der Waals surface area contributed by atoms with Gasteiger partial charge in [0.2, 0.25) is 0 Å². The van der Waals surface area contributed by atoms with Crippen molar-refractivity contribution in [2.45, 2.75) is 38.8 Å². The molecule has 1 aliphatic heterocycles. The van der Waals surface area contributed by atoms with E-state index in [1.54, 1.807) is 76.5 Å². The van der Waals surface area contributed by atoms with Crippen molar-refractivity contribution in [1.29, 1.82) is 0 Å². The molecule has 174 valence electrons. The summed E-state index contributed by atoms with van der Waals surface area (Å²) >= 11 is 0. The standard InChI is InChI=1S/C26H29NO6/c1-26(2,3)33-22(28)15-20-21(18-12-9-13-19(14-18)31-4)16-27(23(20)25(30)32-5)24(29)17-10-7-6-8-11-17/h6-14,16,20,23H,15H2,1-5H3/t20-,23-/m0/s1. The Kier molecular flexibility index (Phi) is 7.21. The van der Waals surface area contributed by atoms with Gasteiger partial charge in [0.05, 0.1) is 20.6 Å². The van der Waals surface area contributed by atoms with Crippen molar-refractivity contribution in [2.24, 2.45) is 5.92 Å². The van der Waals surface area contributed by atoms with Crippen LogP contribution in [0.5, 0.6) is 5.75 Å². The van der Waals surface area contributed by atoms with Gasteiger partial charge in [0, 0.05) is 17.7 Å². The number of carbonyl (C=O) groups is 3. The van der Waals surface area contributed by atoms with Gasteiger partial charge in [-0.2, -0.15) is 0 Å². The number of nitrogens with zero attached hydrogens (tertiary/aromatic N) is 1. The number of methoxy groups -OCH3 is 2. The van der Waals surface area contributed by atoms with Crippen LogP contribution in [-0.4, -0.2) is 48.6 Å². The van der Waals surface area contributed by atoms with Crippen molar-refractivity contribution >= 4 is 23.4 Å². The Morgan fingerprint density at radius 1 is 0.970 bits per heavy atom. The molecule has 0 unspecified atom stereocenters. The third-order valence-corrected chi connectivity index (χ3v) is 5.27. The maximum atomic E-state index is 13.4. The molecule has 7 heteroatoms. The van der Waals surface area contributed by atoms with Gasteiger partial charge in [-0.15, -0.1) is 0 Å². The molecule has 0 bridgehead atoms. The SMILES string of the molecule is COC(=O)[C@@H]1[C@@H](CC(=O)OC(C)(C)C)C(c2cccc(OC)c2)=CN1C(=O)c1ccccc1. The molecule has 0 saturated carbocycles. The van der Waals surface area contributed by atoms with E-state index in [2.05, 4.69) is 0 Å². The van der Waals surface area contributed by atoms with Gasteiger partial charge in [-0.3, -0.25) is 14.5 Å². The highest BCUT2D eigenvalue weighted by Crippen LogP contribution is 2.40. The zero-order valence-electron chi connectivity index (χ0n) is 19.5. The number of hydrogen-bond donors (Lipinski definition) is 0. The lowest BCUT2D eigenvalue weighted by Crippen LogP contribution is -2.44. The average molecular weight is 452 g/mol. The van der Waals surface area contributed by atoms with Crippen LogP contribution in [0.3, 0.4) is 0 Å². The molecule has 33 heavy (non-hydrogen) atoms. The molecule has 1 aliphatic rings. The van der Waals surface area contributed by atoms with E-state index in [0.717, 1.165) is 5.56 Å². The van der Waals surface area contributed by atoms with Gasteiger partial charge in [-0.1, -0.05) is 30.3 Å². The van der Waals surface area contributed by atoms with Crippen molar-refractivity contribution in [1.82, 2.24) is 4.90 Å². The van der Waals surface area contributed by atoms with E-state index in [-0.39, 0.29) is 12.3 Å². The Hall–Kier alpha value is -3.61. The normalized spacial score (nSPS) is 17.8. The molecule has 0 aliphatic carbocycles. The molecule has 2 aromatic carbocycles. The average Bonchev–Trinajstić information content (AvgIpc) is 3.16. The fourth-order valence-electron chi connectivity index (χ4n) is 3.88. The van der Waals surface area contributed by atoms with E-state index in [4.69, 9.17) is 14.2 Å². The fourth-order valence-corrected chi connectivity index (χ4v) is 3.88. The number of carbonyl (C=O) groups excluding carboxylic acids is 3. The number of benzene rings is 2. The highest BCUT2D eigenvalue weighted by atomic mass is 16.6. The minimum Gasteiger partial charge on any atom is -0.497 e. The predicted octanol–water partition coefficient (Wildman–Crippen LogP) is 4.08. The predicted molar refractivity (Wildman–Crippen MR) is 123 cm³/mol. The fraction of sp³-hybridized carbons (Fsp3) is 0.346. The first-order valence-electron chi connectivity index (χ1n) is 10.7. The van der Waals surface area contributed by atoms with Crippen molar-refractivity contribution in [3.8, 4) is 5.75 Å². The second kappa shape index (κ2) is 9.90. The van der Waals surface area contributed by atoms with Gasteiger partial charge >= 0.3 is 11.9 Å². The molecule has 1 amide bonds. The molecule has 1 heterocycles. The van der Waals surface area contributed by atoms with E-state index in [9.17, 15) is 14.4 Å². The van der Waals surface area contributed by atoms with Crippen LogP contribution in [0.2, 0.25) is 0 Å². The Balaban J connectivity index is 2.08. The summed E-state index contributed by atoms with van der Waals surface area (Å²) in [7, 11) is 2.82. The minimum atomic E-state index is -1.02. The lowest BCUT2D eigenvalue weighted by atomic mass is 9.87. The molecule has 2 aromatic rings. The first-order valence-corrected chi connectivity index (χ1v) is 10.7. The molecular weight excluding hydrogens is 422 g/mol. The first kappa shape index (κ1) is 24.0. The van der Waals surface area contributed by atoms with Crippen LogP contribution in [0.4, 0.5) is 0 Å². The topological polar surface area (TPSA) is 82.1 Å². The third-order valence-electron chi connectivity index (χ3n) is 5.27. The van der Waals surface area contributed by atoms with Crippen LogP contribution in [0.15, 0.2) is 60.8 Å². The minimum absolute atomic E-state index is 0.0986. The molecule has 0 aromatic heterocycles. The van der Waals surface area contributed by atoms with Crippen LogP contribution in [0.25, 0.3) is 5.57 Å². The van der Waals surface area contributed by atoms with Crippen LogP contribution < -0.4 is 4.74 Å². The summed E-state index contributed by atoms with van der Waals surface area (Å²) in [5.74, 6) is -1.48. The molecule has 7 nitrogen and oxygen atoms in total. The van der Waals surface area contributed by atoms with Crippen molar-refractivity contribution in [3.63, 3.8) is 0 Å². The highest BCUT2D eigenvalue weighted by molar-refractivity contribution is 6.01. The molecule has 0 spiro atoms. The zero-order chi connectivity index (χ0) is 24.2. The summed E-state index contributed by atoms with van der Waals surface area (Å²) < 4.78 is 15.9. The van der Waals surface area contributed by atoms with Gasteiger partial charge in [-0.25, -0.2) is 4.79 Å². The maximum absolute atomic E-state index is 13.4. The molecular formula is C26H29NO6. The Morgan fingerprint density at radius 3 is 2.27 bits per heavy atom. The van der Waals surface area contributed by atoms with Gasteiger partial charge in [0.15, 0.2) is 0 Å². The number of amides is 1. The third kappa shape index (κ3) is 5.61. The summed E-state index contributed by atoms with van der Waals surface area (Å²) in [6, 6.07) is 14.9. The van der Waals surface area contributed by atoms with Crippen LogP contribution in [-0.2, 0) is 19.1 Å². The summed E-state index contributed by atoms with van der Waals surface area (Å²) in [5.41, 5.74) is 1.13. The molecule has 0 N–H and O–H groups in total. The van der Waals surface area contributed by atoms with Crippen LogP contribution >= 0.6 is 0 Å². The largest absolute Gasteiger partial charge is 0.497 e. The Morgan fingerprint density at radius 2 is 1.67 bits per heavy atom. The Bertz CT molecular complexity index is 1050. The first-order chi connectivity index (χ1) is 15.6. The zero-order valence-corrected chi connectivity index (χ0v) is 19.5. The summed E-state index contributed by atoms with van der Waals surface area (Å²) in [4.78, 5) is 40.4. The van der Waals surface area contributed by atoms with Crippen molar-refractivity contribution in [2.75, 3.05) is 14.2 Å². The lowest BCUT2D eigenvalue weighted by Gasteiger charge is -2.27. The van der Waals surface area contributed by atoms with Crippen molar-refractivity contribution < 1.29 is 28.6 Å². The smallest absolute Gasteiger partial charge is 0.329 e. The molecule has 0 fully saturated rings. The van der Waals surface area contributed by atoms with E-state index in [1.807, 2.05) is 12.1 Å². The summed E-state index contributed by atoms with van der Waals surface area (Å²) in [6.07, 6.45) is 1.53.